The molecule has 0 radical (unpaired) electrons. The van der Waals surface area contributed by atoms with Crippen LogP contribution in [0.1, 0.15) is 60.3 Å². The van der Waals surface area contributed by atoms with E-state index < -0.39 is 0 Å². The highest BCUT2D eigenvalue weighted by molar-refractivity contribution is 5.79. The van der Waals surface area contributed by atoms with E-state index in [1.165, 1.54) is 0 Å². The van der Waals surface area contributed by atoms with Crippen LogP contribution in [0.5, 0.6) is 0 Å². The van der Waals surface area contributed by atoms with Gasteiger partial charge in [-0.05, 0) is 30.5 Å². The highest BCUT2D eigenvalue weighted by Crippen LogP contribution is 2.18. The normalized spacial score (nSPS) is 14.8. The smallest absolute Gasteiger partial charge is 0.223 e. The first kappa shape index (κ1) is 21.5. The fraction of sp³-hybridized carbons (Fsp3) is 0.650. The SMILES string of the molecule is C=CNC(=C\[C@H](C)CC)/C=C/CNC(=O)[C@H](CCCC)C(C)C. The third-order valence-electron chi connectivity index (χ3n) is 4.08. The number of carbonyl (C=O) groups excluding carboxylic acids is 1. The zero-order chi connectivity index (χ0) is 17.7. The van der Waals surface area contributed by atoms with E-state index in [0.717, 1.165) is 31.4 Å². The lowest BCUT2D eigenvalue weighted by molar-refractivity contribution is -0.126. The highest BCUT2D eigenvalue weighted by Gasteiger charge is 2.20. The van der Waals surface area contributed by atoms with Gasteiger partial charge in [-0.15, -0.1) is 0 Å². The summed E-state index contributed by atoms with van der Waals surface area (Å²) in [4.78, 5) is 12.3. The molecule has 3 nitrogen and oxygen atoms in total. The Morgan fingerprint density at radius 2 is 1.91 bits per heavy atom. The van der Waals surface area contributed by atoms with Gasteiger partial charge in [0.1, 0.15) is 0 Å². The second-order valence-corrected chi connectivity index (χ2v) is 6.50. The molecule has 0 fully saturated rings. The minimum absolute atomic E-state index is 0.116. The maximum absolute atomic E-state index is 12.3. The summed E-state index contributed by atoms with van der Waals surface area (Å²) in [5, 5.41) is 6.16. The minimum Gasteiger partial charge on any atom is -0.363 e. The van der Waals surface area contributed by atoms with Crippen LogP contribution in [0.2, 0.25) is 0 Å². The molecule has 0 aliphatic heterocycles. The Morgan fingerprint density at radius 1 is 1.22 bits per heavy atom. The van der Waals surface area contributed by atoms with Crippen LogP contribution in [-0.2, 0) is 4.79 Å². The van der Waals surface area contributed by atoms with E-state index in [-0.39, 0.29) is 11.8 Å². The van der Waals surface area contributed by atoms with Gasteiger partial charge in [-0.1, -0.05) is 72.6 Å². The van der Waals surface area contributed by atoms with E-state index in [9.17, 15) is 4.79 Å². The molecular formula is C20H36N2O. The van der Waals surface area contributed by atoms with Crippen LogP contribution < -0.4 is 10.6 Å². The number of rotatable bonds is 12. The molecule has 1 amide bonds. The predicted molar refractivity (Wildman–Crippen MR) is 101 cm³/mol. The van der Waals surface area contributed by atoms with E-state index in [1.807, 2.05) is 12.2 Å². The van der Waals surface area contributed by atoms with E-state index in [4.69, 9.17) is 0 Å². The molecule has 0 rings (SSSR count). The summed E-state index contributed by atoms with van der Waals surface area (Å²) in [5.74, 6) is 1.18. The maximum atomic E-state index is 12.3. The van der Waals surface area contributed by atoms with Crippen LogP contribution >= 0.6 is 0 Å². The molecule has 23 heavy (non-hydrogen) atoms. The molecule has 0 aliphatic rings. The van der Waals surface area contributed by atoms with Gasteiger partial charge in [0.05, 0.1) is 0 Å². The summed E-state index contributed by atoms with van der Waals surface area (Å²) in [5.41, 5.74) is 1.02. The molecule has 2 atom stereocenters. The van der Waals surface area contributed by atoms with Crippen molar-refractivity contribution < 1.29 is 4.79 Å². The van der Waals surface area contributed by atoms with Gasteiger partial charge in [0.25, 0.3) is 0 Å². The van der Waals surface area contributed by atoms with E-state index in [0.29, 0.717) is 18.4 Å². The number of hydrogen-bond acceptors (Lipinski definition) is 2. The zero-order valence-corrected chi connectivity index (χ0v) is 15.7. The number of amides is 1. The van der Waals surface area contributed by atoms with Gasteiger partial charge >= 0.3 is 0 Å². The van der Waals surface area contributed by atoms with E-state index >= 15 is 0 Å². The van der Waals surface area contributed by atoms with Gasteiger partial charge in [-0.25, -0.2) is 0 Å². The highest BCUT2D eigenvalue weighted by atomic mass is 16.1. The Morgan fingerprint density at radius 3 is 2.43 bits per heavy atom. The molecule has 0 aliphatic carbocycles. The summed E-state index contributed by atoms with van der Waals surface area (Å²) in [6.07, 6.45) is 12.2. The van der Waals surface area contributed by atoms with Gasteiger partial charge in [0.15, 0.2) is 0 Å². The summed E-state index contributed by atoms with van der Waals surface area (Å²) < 4.78 is 0. The third-order valence-corrected chi connectivity index (χ3v) is 4.08. The molecule has 0 bridgehead atoms. The third kappa shape index (κ3) is 9.98. The first-order chi connectivity index (χ1) is 11.0. The fourth-order valence-electron chi connectivity index (χ4n) is 2.36. The first-order valence-corrected chi connectivity index (χ1v) is 8.99. The lowest BCUT2D eigenvalue weighted by atomic mass is 9.90. The van der Waals surface area contributed by atoms with Crippen LogP contribution in [-0.4, -0.2) is 12.5 Å². The molecule has 0 unspecified atom stereocenters. The summed E-state index contributed by atoms with van der Waals surface area (Å²) >= 11 is 0. The zero-order valence-electron chi connectivity index (χ0n) is 15.7. The average Bonchev–Trinajstić information content (AvgIpc) is 2.51. The molecule has 0 aromatic rings. The van der Waals surface area contributed by atoms with E-state index in [1.54, 1.807) is 6.20 Å². The number of allylic oxidation sites excluding steroid dienone is 2. The van der Waals surface area contributed by atoms with Crippen molar-refractivity contribution in [2.75, 3.05) is 6.54 Å². The lowest BCUT2D eigenvalue weighted by Gasteiger charge is -2.19. The molecule has 0 spiro atoms. The van der Waals surface area contributed by atoms with Crippen molar-refractivity contribution in [3.8, 4) is 0 Å². The largest absolute Gasteiger partial charge is 0.363 e. The molecule has 3 heteroatoms. The van der Waals surface area contributed by atoms with Crippen molar-refractivity contribution in [1.82, 2.24) is 10.6 Å². The molecule has 0 saturated heterocycles. The van der Waals surface area contributed by atoms with Gasteiger partial charge in [0, 0.05) is 18.2 Å². The summed E-state index contributed by atoms with van der Waals surface area (Å²) in [7, 11) is 0. The average molecular weight is 321 g/mol. The number of carbonyl (C=O) groups is 1. The maximum Gasteiger partial charge on any atom is 0.223 e. The Labute approximate surface area is 143 Å². The van der Waals surface area contributed by atoms with Crippen molar-refractivity contribution in [1.29, 1.82) is 0 Å². The molecule has 132 valence electrons. The molecule has 0 aromatic carbocycles. The lowest BCUT2D eigenvalue weighted by Crippen LogP contribution is -2.33. The van der Waals surface area contributed by atoms with Gasteiger partial charge in [-0.2, -0.15) is 0 Å². The molecule has 2 N–H and O–H groups in total. The van der Waals surface area contributed by atoms with Crippen molar-refractivity contribution >= 4 is 5.91 Å². The standard InChI is InChI=1S/C20H36N2O/c1-7-10-13-19(16(4)5)20(23)22-14-11-12-18(21-9-3)15-17(6)8-2/h9,11-12,15-17,19,21H,3,7-8,10,13-14H2,1-2,4-6H3,(H,22,23)/b12-11+,18-15-/t17-,19-/m1/s1. The van der Waals surface area contributed by atoms with Crippen molar-refractivity contribution in [3.63, 3.8) is 0 Å². The van der Waals surface area contributed by atoms with Crippen molar-refractivity contribution in [2.45, 2.75) is 60.3 Å². The van der Waals surface area contributed by atoms with Crippen LogP contribution in [0, 0.1) is 17.8 Å². The second kappa shape index (κ2) is 13.0. The monoisotopic (exact) mass is 320 g/mol. The number of unbranched alkanes of at least 4 members (excludes halogenated alkanes) is 1. The topological polar surface area (TPSA) is 41.1 Å². The fourth-order valence-corrected chi connectivity index (χ4v) is 2.36. The van der Waals surface area contributed by atoms with Gasteiger partial charge < -0.3 is 10.6 Å². The Bertz CT molecular complexity index is 396. The summed E-state index contributed by atoms with van der Waals surface area (Å²) in [6, 6.07) is 0. The molecular weight excluding hydrogens is 284 g/mol. The van der Waals surface area contributed by atoms with Crippen LogP contribution in [0.15, 0.2) is 36.7 Å². The van der Waals surface area contributed by atoms with Gasteiger partial charge in [-0.3, -0.25) is 4.79 Å². The Kier molecular flexibility index (Phi) is 12.1. The van der Waals surface area contributed by atoms with E-state index in [2.05, 4.69) is 57.9 Å². The molecule has 0 heterocycles. The van der Waals surface area contributed by atoms with Crippen molar-refractivity contribution in [3.05, 3.63) is 36.7 Å². The first-order valence-electron chi connectivity index (χ1n) is 8.99. The molecule has 0 saturated carbocycles. The van der Waals surface area contributed by atoms with Crippen LogP contribution in [0.4, 0.5) is 0 Å². The Hall–Kier alpha value is -1.51. The number of hydrogen-bond donors (Lipinski definition) is 2. The van der Waals surface area contributed by atoms with Gasteiger partial charge in [0.2, 0.25) is 5.91 Å². The summed E-state index contributed by atoms with van der Waals surface area (Å²) in [6.45, 7) is 15.0. The Balaban J connectivity index is 4.50. The molecule has 0 aromatic heterocycles. The second-order valence-electron chi connectivity index (χ2n) is 6.50. The minimum atomic E-state index is 0.116. The van der Waals surface area contributed by atoms with Crippen LogP contribution in [0.25, 0.3) is 0 Å². The van der Waals surface area contributed by atoms with Crippen LogP contribution in [0.3, 0.4) is 0 Å². The quantitative estimate of drug-likeness (QED) is 0.508. The number of nitrogens with one attached hydrogen (secondary N) is 2. The predicted octanol–water partition coefficient (Wildman–Crippen LogP) is 4.78. The van der Waals surface area contributed by atoms with Crippen molar-refractivity contribution in [2.24, 2.45) is 17.8 Å².